The third-order valence-electron chi connectivity index (χ3n) is 3.37. The van der Waals surface area contributed by atoms with Crippen LogP contribution in [0.4, 0.5) is 4.39 Å². The molecule has 0 saturated heterocycles. The molecule has 0 aromatic heterocycles. The summed E-state index contributed by atoms with van der Waals surface area (Å²) in [6, 6.07) is 6.05. The van der Waals surface area contributed by atoms with Crippen LogP contribution in [0.2, 0.25) is 0 Å². The van der Waals surface area contributed by atoms with E-state index >= 15 is 0 Å². The predicted molar refractivity (Wildman–Crippen MR) is 103 cm³/mol. The van der Waals surface area contributed by atoms with Crippen LogP contribution in [-0.4, -0.2) is 44.1 Å². The molecule has 146 valence electrons. The van der Waals surface area contributed by atoms with Gasteiger partial charge in [0.15, 0.2) is 5.96 Å². The van der Waals surface area contributed by atoms with Crippen LogP contribution in [-0.2, 0) is 4.79 Å². The standard InChI is InChI=1S/C19H31FN4O2/c1-6-21-18(23-11-10-22-17(25)19(3,4)5)24-13-14(2)26-16-9-7-8-15(20)12-16/h7-9,12,14H,6,10-11,13H2,1-5H3,(H,22,25)(H2,21,23,24). The molecule has 1 amide bonds. The summed E-state index contributed by atoms with van der Waals surface area (Å²) in [4.78, 5) is 16.3. The second-order valence-electron chi connectivity index (χ2n) is 7.04. The van der Waals surface area contributed by atoms with Crippen LogP contribution in [0.1, 0.15) is 34.6 Å². The van der Waals surface area contributed by atoms with Gasteiger partial charge in [0.1, 0.15) is 17.7 Å². The maximum Gasteiger partial charge on any atom is 0.225 e. The third kappa shape index (κ3) is 8.69. The molecule has 0 heterocycles. The van der Waals surface area contributed by atoms with Gasteiger partial charge in [0, 0.05) is 31.1 Å². The fourth-order valence-corrected chi connectivity index (χ4v) is 1.99. The van der Waals surface area contributed by atoms with Crippen LogP contribution in [0.25, 0.3) is 0 Å². The summed E-state index contributed by atoms with van der Waals surface area (Å²) < 4.78 is 18.8. The van der Waals surface area contributed by atoms with Crippen molar-refractivity contribution in [3.05, 3.63) is 30.1 Å². The van der Waals surface area contributed by atoms with Crippen molar-refractivity contribution in [3.63, 3.8) is 0 Å². The van der Waals surface area contributed by atoms with Crippen LogP contribution in [0.15, 0.2) is 29.3 Å². The van der Waals surface area contributed by atoms with E-state index in [1.54, 1.807) is 12.1 Å². The molecule has 6 nitrogen and oxygen atoms in total. The highest BCUT2D eigenvalue weighted by molar-refractivity contribution is 5.81. The van der Waals surface area contributed by atoms with Crippen LogP contribution in [0.5, 0.6) is 5.75 Å². The molecule has 1 unspecified atom stereocenters. The maximum absolute atomic E-state index is 13.2. The highest BCUT2D eigenvalue weighted by Crippen LogP contribution is 2.14. The fraction of sp³-hybridized carbons (Fsp3) is 0.579. The van der Waals surface area contributed by atoms with E-state index in [1.165, 1.54) is 12.1 Å². The minimum absolute atomic E-state index is 0.0124. The quantitative estimate of drug-likeness (QED) is 0.375. The smallest absolute Gasteiger partial charge is 0.225 e. The Morgan fingerprint density at radius 3 is 2.54 bits per heavy atom. The van der Waals surface area contributed by atoms with E-state index < -0.39 is 5.41 Å². The molecule has 0 aliphatic carbocycles. The number of aliphatic imine (C=N–C) groups is 1. The van der Waals surface area contributed by atoms with Gasteiger partial charge in [0.2, 0.25) is 5.91 Å². The number of nitrogens with one attached hydrogen (secondary N) is 3. The van der Waals surface area contributed by atoms with E-state index in [4.69, 9.17) is 4.74 Å². The summed E-state index contributed by atoms with van der Waals surface area (Å²) in [5, 5.41) is 9.18. The number of carbonyl (C=O) groups excluding carboxylic acids is 1. The van der Waals surface area contributed by atoms with E-state index in [9.17, 15) is 9.18 Å². The Bertz CT molecular complexity index is 599. The molecule has 0 spiro atoms. The molecule has 1 atom stereocenters. The summed E-state index contributed by atoms with van der Waals surface area (Å²) in [7, 11) is 0. The number of hydrogen-bond donors (Lipinski definition) is 3. The van der Waals surface area contributed by atoms with Gasteiger partial charge in [-0.2, -0.15) is 0 Å². The molecule has 7 heteroatoms. The number of rotatable bonds is 8. The fourth-order valence-electron chi connectivity index (χ4n) is 1.99. The second-order valence-corrected chi connectivity index (χ2v) is 7.04. The zero-order valence-corrected chi connectivity index (χ0v) is 16.4. The van der Waals surface area contributed by atoms with Gasteiger partial charge in [-0.3, -0.25) is 4.79 Å². The van der Waals surface area contributed by atoms with Crippen LogP contribution in [0.3, 0.4) is 0 Å². The number of guanidine groups is 1. The number of nitrogens with zero attached hydrogens (tertiary/aromatic N) is 1. The number of carbonyl (C=O) groups is 1. The number of hydrogen-bond acceptors (Lipinski definition) is 3. The third-order valence-corrected chi connectivity index (χ3v) is 3.37. The van der Waals surface area contributed by atoms with Crippen molar-refractivity contribution < 1.29 is 13.9 Å². The Morgan fingerprint density at radius 1 is 1.23 bits per heavy atom. The SMILES string of the molecule is CCNC(=NCC(C)Oc1cccc(F)c1)NCCNC(=O)C(C)(C)C. The normalized spacial score (nSPS) is 13.1. The number of amides is 1. The summed E-state index contributed by atoms with van der Waals surface area (Å²) in [6.45, 7) is 11.7. The van der Waals surface area contributed by atoms with Gasteiger partial charge in [0.25, 0.3) is 0 Å². The first kappa shape index (κ1) is 21.7. The van der Waals surface area contributed by atoms with E-state index in [-0.39, 0.29) is 17.8 Å². The minimum atomic E-state index is -0.401. The Kier molecular flexibility index (Phi) is 8.88. The van der Waals surface area contributed by atoms with E-state index in [0.717, 1.165) is 6.54 Å². The van der Waals surface area contributed by atoms with E-state index in [0.29, 0.717) is 31.3 Å². The van der Waals surface area contributed by atoms with Crippen LogP contribution < -0.4 is 20.7 Å². The minimum Gasteiger partial charge on any atom is -0.489 e. The monoisotopic (exact) mass is 366 g/mol. The second kappa shape index (κ2) is 10.6. The topological polar surface area (TPSA) is 74.8 Å². The lowest BCUT2D eigenvalue weighted by atomic mass is 9.96. The largest absolute Gasteiger partial charge is 0.489 e. The Labute approximate surface area is 155 Å². The molecule has 0 saturated carbocycles. The molecule has 26 heavy (non-hydrogen) atoms. The summed E-state index contributed by atoms with van der Waals surface area (Å²) >= 11 is 0. The lowest BCUT2D eigenvalue weighted by Gasteiger charge is -2.18. The van der Waals surface area contributed by atoms with Crippen molar-refractivity contribution >= 4 is 11.9 Å². The molecular weight excluding hydrogens is 335 g/mol. The average molecular weight is 366 g/mol. The Morgan fingerprint density at radius 2 is 1.92 bits per heavy atom. The first-order valence-electron chi connectivity index (χ1n) is 8.95. The summed E-state index contributed by atoms with van der Waals surface area (Å²) in [5.74, 6) is 0.812. The van der Waals surface area contributed by atoms with Crippen molar-refractivity contribution in [2.45, 2.75) is 40.7 Å². The first-order valence-corrected chi connectivity index (χ1v) is 8.95. The van der Waals surface area contributed by atoms with Crippen molar-refractivity contribution in [1.29, 1.82) is 0 Å². The Hall–Kier alpha value is -2.31. The van der Waals surface area contributed by atoms with Gasteiger partial charge in [0.05, 0.1) is 6.54 Å². The number of ether oxygens (including phenoxy) is 1. The summed E-state index contributed by atoms with van der Waals surface area (Å²) in [6.07, 6.45) is -0.201. The van der Waals surface area contributed by atoms with Gasteiger partial charge < -0.3 is 20.7 Å². The summed E-state index contributed by atoms with van der Waals surface area (Å²) in [5.41, 5.74) is -0.401. The van der Waals surface area contributed by atoms with Crippen LogP contribution in [0, 0.1) is 11.2 Å². The lowest BCUT2D eigenvalue weighted by molar-refractivity contribution is -0.128. The van der Waals surface area contributed by atoms with E-state index in [1.807, 2.05) is 34.6 Å². The number of halogens is 1. The molecule has 0 fully saturated rings. The molecule has 0 bridgehead atoms. The molecular formula is C19H31FN4O2. The lowest BCUT2D eigenvalue weighted by Crippen LogP contribution is -2.43. The van der Waals surface area contributed by atoms with Crippen LogP contribution >= 0.6 is 0 Å². The average Bonchev–Trinajstić information content (AvgIpc) is 2.55. The first-order chi connectivity index (χ1) is 12.2. The van der Waals surface area contributed by atoms with Gasteiger partial charge in [-0.1, -0.05) is 26.8 Å². The molecule has 0 aliphatic heterocycles. The van der Waals surface area contributed by atoms with Gasteiger partial charge in [-0.05, 0) is 26.0 Å². The Balaban J connectivity index is 2.43. The molecule has 0 aliphatic rings. The number of benzene rings is 1. The molecule has 3 N–H and O–H groups in total. The molecule has 1 rings (SSSR count). The molecule has 1 aromatic carbocycles. The van der Waals surface area contributed by atoms with Gasteiger partial charge in [-0.15, -0.1) is 0 Å². The van der Waals surface area contributed by atoms with Gasteiger partial charge >= 0.3 is 0 Å². The molecule has 0 radical (unpaired) electrons. The maximum atomic E-state index is 13.2. The molecule has 1 aromatic rings. The van der Waals surface area contributed by atoms with Crippen molar-refractivity contribution in [2.75, 3.05) is 26.2 Å². The van der Waals surface area contributed by atoms with Crippen molar-refractivity contribution in [2.24, 2.45) is 10.4 Å². The zero-order chi connectivity index (χ0) is 19.6. The zero-order valence-electron chi connectivity index (χ0n) is 16.4. The highest BCUT2D eigenvalue weighted by atomic mass is 19.1. The van der Waals surface area contributed by atoms with E-state index in [2.05, 4.69) is 20.9 Å². The predicted octanol–water partition coefficient (Wildman–Crippen LogP) is 2.31. The van der Waals surface area contributed by atoms with Crippen molar-refractivity contribution in [3.8, 4) is 5.75 Å². The van der Waals surface area contributed by atoms with Gasteiger partial charge in [-0.25, -0.2) is 9.38 Å². The van der Waals surface area contributed by atoms with Crippen molar-refractivity contribution in [1.82, 2.24) is 16.0 Å². The highest BCUT2D eigenvalue weighted by Gasteiger charge is 2.20.